The number of carbonyl (C=O) groups is 1. The van der Waals surface area contributed by atoms with Gasteiger partial charge in [0.2, 0.25) is 15.9 Å². The lowest BCUT2D eigenvalue weighted by molar-refractivity contribution is -0.120. The zero-order chi connectivity index (χ0) is 18.4. The lowest BCUT2D eigenvalue weighted by atomic mass is 10.1. The summed E-state index contributed by atoms with van der Waals surface area (Å²) in [5.74, 6) is 0.169. The molecular formula is C17H22N2O4S2. The van der Waals surface area contributed by atoms with Gasteiger partial charge in [0.15, 0.2) is 0 Å². The highest BCUT2D eigenvalue weighted by atomic mass is 32.2. The lowest BCUT2D eigenvalue weighted by Gasteiger charge is -2.13. The van der Waals surface area contributed by atoms with Gasteiger partial charge in [0.25, 0.3) is 0 Å². The quantitative estimate of drug-likeness (QED) is 0.684. The van der Waals surface area contributed by atoms with E-state index in [0.717, 1.165) is 16.0 Å². The molecule has 1 aromatic carbocycles. The van der Waals surface area contributed by atoms with Gasteiger partial charge in [0, 0.05) is 18.0 Å². The molecule has 2 aromatic rings. The average Bonchev–Trinajstić information content (AvgIpc) is 3.06. The van der Waals surface area contributed by atoms with Crippen LogP contribution in [0.15, 0.2) is 34.5 Å². The van der Waals surface area contributed by atoms with Gasteiger partial charge in [-0.2, -0.15) is 0 Å². The van der Waals surface area contributed by atoms with Gasteiger partial charge < -0.3 is 10.1 Å². The Hall–Kier alpha value is -1.90. The number of aryl methyl sites for hydroxylation is 2. The Morgan fingerprint density at radius 3 is 2.56 bits per heavy atom. The third-order valence-electron chi connectivity index (χ3n) is 3.72. The molecule has 0 aliphatic carbocycles. The molecule has 8 heteroatoms. The molecule has 25 heavy (non-hydrogen) atoms. The maximum Gasteiger partial charge on any atom is 0.244 e. The van der Waals surface area contributed by atoms with E-state index in [9.17, 15) is 13.2 Å². The number of methoxy groups -OCH3 is 1. The standard InChI is InChI=1S/C17H22N2O4S2/c1-12-9-15(23-3)16(10-13(12)2)25(21,22)19-7-6-18-17(20)11-14-5-4-8-24-14/h4-5,8-10,19H,6-7,11H2,1-3H3,(H,18,20). The Balaban J connectivity index is 1.91. The summed E-state index contributed by atoms with van der Waals surface area (Å²) in [4.78, 5) is 12.9. The van der Waals surface area contributed by atoms with Gasteiger partial charge in [-0.1, -0.05) is 6.07 Å². The monoisotopic (exact) mass is 382 g/mol. The highest BCUT2D eigenvalue weighted by molar-refractivity contribution is 7.89. The maximum absolute atomic E-state index is 12.5. The molecule has 0 saturated heterocycles. The van der Waals surface area contributed by atoms with E-state index in [0.29, 0.717) is 12.2 Å². The highest BCUT2D eigenvalue weighted by Gasteiger charge is 2.20. The van der Waals surface area contributed by atoms with E-state index in [-0.39, 0.29) is 23.9 Å². The molecule has 0 unspecified atom stereocenters. The van der Waals surface area contributed by atoms with Crippen molar-refractivity contribution in [2.45, 2.75) is 25.2 Å². The molecule has 6 nitrogen and oxygen atoms in total. The third kappa shape index (κ3) is 5.29. The van der Waals surface area contributed by atoms with E-state index in [4.69, 9.17) is 4.74 Å². The Morgan fingerprint density at radius 1 is 1.20 bits per heavy atom. The van der Waals surface area contributed by atoms with Gasteiger partial charge in [-0.05, 0) is 48.6 Å². The molecule has 0 aliphatic rings. The summed E-state index contributed by atoms with van der Waals surface area (Å²) in [6.07, 6.45) is 0.301. The second kappa shape index (κ2) is 8.46. The molecule has 2 N–H and O–H groups in total. The number of ether oxygens (including phenoxy) is 1. The van der Waals surface area contributed by atoms with E-state index >= 15 is 0 Å². The zero-order valence-electron chi connectivity index (χ0n) is 14.5. The van der Waals surface area contributed by atoms with E-state index < -0.39 is 10.0 Å². The molecule has 0 spiro atoms. The van der Waals surface area contributed by atoms with Gasteiger partial charge in [-0.25, -0.2) is 13.1 Å². The van der Waals surface area contributed by atoms with Crippen LogP contribution in [0.1, 0.15) is 16.0 Å². The summed E-state index contributed by atoms with van der Waals surface area (Å²) in [6, 6.07) is 7.07. The molecule has 136 valence electrons. The van der Waals surface area contributed by atoms with Crippen LogP contribution in [-0.2, 0) is 21.2 Å². The summed E-state index contributed by atoms with van der Waals surface area (Å²) < 4.78 is 32.6. The summed E-state index contributed by atoms with van der Waals surface area (Å²) in [5.41, 5.74) is 1.82. The van der Waals surface area contributed by atoms with Crippen LogP contribution in [0.3, 0.4) is 0 Å². The van der Waals surface area contributed by atoms with Crippen molar-refractivity contribution in [3.63, 3.8) is 0 Å². The second-order valence-electron chi connectivity index (χ2n) is 5.59. The average molecular weight is 383 g/mol. The van der Waals surface area contributed by atoms with Crippen molar-refractivity contribution in [3.8, 4) is 5.75 Å². The number of nitrogens with one attached hydrogen (secondary N) is 2. The van der Waals surface area contributed by atoms with Gasteiger partial charge in [0.1, 0.15) is 10.6 Å². The molecule has 1 amide bonds. The number of rotatable bonds is 8. The van der Waals surface area contributed by atoms with Crippen molar-refractivity contribution in [1.82, 2.24) is 10.0 Å². The van der Waals surface area contributed by atoms with E-state index in [1.54, 1.807) is 12.1 Å². The molecule has 0 fully saturated rings. The minimum absolute atomic E-state index is 0.100. The number of sulfonamides is 1. The number of thiophene rings is 1. The fourth-order valence-corrected chi connectivity index (χ4v) is 4.20. The van der Waals surface area contributed by atoms with Crippen molar-refractivity contribution in [3.05, 3.63) is 45.6 Å². The molecule has 0 saturated carbocycles. The topological polar surface area (TPSA) is 84.5 Å². The van der Waals surface area contributed by atoms with Crippen LogP contribution in [0.25, 0.3) is 0 Å². The fourth-order valence-electron chi connectivity index (χ4n) is 2.23. The SMILES string of the molecule is COc1cc(C)c(C)cc1S(=O)(=O)NCCNC(=O)Cc1cccs1. The van der Waals surface area contributed by atoms with Crippen molar-refractivity contribution in [2.75, 3.05) is 20.2 Å². The Morgan fingerprint density at radius 2 is 1.92 bits per heavy atom. The summed E-state index contributed by atoms with van der Waals surface area (Å²) in [5, 5.41) is 4.61. The minimum Gasteiger partial charge on any atom is -0.495 e. The van der Waals surface area contributed by atoms with Crippen LogP contribution >= 0.6 is 11.3 Å². The van der Waals surface area contributed by atoms with Crippen LogP contribution < -0.4 is 14.8 Å². The normalized spacial score (nSPS) is 11.3. The largest absolute Gasteiger partial charge is 0.495 e. The molecule has 0 radical (unpaired) electrons. The summed E-state index contributed by atoms with van der Waals surface area (Å²) in [6.45, 7) is 4.06. The van der Waals surface area contributed by atoms with Crippen molar-refractivity contribution in [2.24, 2.45) is 0 Å². The van der Waals surface area contributed by atoms with E-state index in [2.05, 4.69) is 10.0 Å². The predicted octanol–water partition coefficient (Wildman–Crippen LogP) is 2.01. The zero-order valence-corrected chi connectivity index (χ0v) is 16.1. The van der Waals surface area contributed by atoms with Gasteiger partial charge >= 0.3 is 0 Å². The van der Waals surface area contributed by atoms with Crippen LogP contribution in [0.5, 0.6) is 5.75 Å². The molecule has 1 heterocycles. The lowest BCUT2D eigenvalue weighted by Crippen LogP contribution is -2.35. The first kappa shape index (κ1) is 19.4. The first-order chi connectivity index (χ1) is 11.8. The van der Waals surface area contributed by atoms with Crippen LogP contribution in [0, 0.1) is 13.8 Å². The Kier molecular flexibility index (Phi) is 6.57. The van der Waals surface area contributed by atoms with Crippen molar-refractivity contribution in [1.29, 1.82) is 0 Å². The minimum atomic E-state index is -3.71. The van der Waals surface area contributed by atoms with Crippen LogP contribution in [0.2, 0.25) is 0 Å². The molecule has 1 aromatic heterocycles. The van der Waals surface area contributed by atoms with E-state index in [1.165, 1.54) is 18.4 Å². The number of carbonyl (C=O) groups excluding carboxylic acids is 1. The van der Waals surface area contributed by atoms with Gasteiger partial charge in [0.05, 0.1) is 13.5 Å². The summed E-state index contributed by atoms with van der Waals surface area (Å²) in [7, 11) is -2.28. The Labute approximate surface area is 152 Å². The molecule has 0 atom stereocenters. The van der Waals surface area contributed by atoms with Crippen LogP contribution in [-0.4, -0.2) is 34.5 Å². The number of benzene rings is 1. The third-order valence-corrected chi connectivity index (χ3v) is 6.08. The molecule has 0 bridgehead atoms. The van der Waals surface area contributed by atoms with Gasteiger partial charge in [-0.15, -0.1) is 11.3 Å². The fraction of sp³-hybridized carbons (Fsp3) is 0.353. The molecule has 2 rings (SSSR count). The summed E-state index contributed by atoms with van der Waals surface area (Å²) >= 11 is 1.51. The Bertz CT molecular complexity index is 831. The maximum atomic E-state index is 12.5. The van der Waals surface area contributed by atoms with Gasteiger partial charge in [-0.3, -0.25) is 4.79 Å². The van der Waals surface area contributed by atoms with Crippen molar-refractivity contribution >= 4 is 27.3 Å². The first-order valence-corrected chi connectivity index (χ1v) is 10.1. The van der Waals surface area contributed by atoms with Crippen LogP contribution in [0.4, 0.5) is 0 Å². The first-order valence-electron chi connectivity index (χ1n) is 7.77. The molecule has 0 aliphatic heterocycles. The smallest absolute Gasteiger partial charge is 0.244 e. The number of hydrogen-bond acceptors (Lipinski definition) is 5. The second-order valence-corrected chi connectivity index (χ2v) is 8.36. The van der Waals surface area contributed by atoms with Crippen molar-refractivity contribution < 1.29 is 17.9 Å². The number of amides is 1. The number of hydrogen-bond donors (Lipinski definition) is 2. The van der Waals surface area contributed by atoms with E-state index in [1.807, 2.05) is 31.4 Å². The molecular weight excluding hydrogens is 360 g/mol. The predicted molar refractivity (Wildman–Crippen MR) is 98.7 cm³/mol. The highest BCUT2D eigenvalue weighted by Crippen LogP contribution is 2.26.